The van der Waals surface area contributed by atoms with Gasteiger partial charge >= 0.3 is 13.3 Å². The van der Waals surface area contributed by atoms with Gasteiger partial charge in [-0.1, -0.05) is 0 Å². The van der Waals surface area contributed by atoms with E-state index in [2.05, 4.69) is 14.0 Å². The molecule has 84 valence electrons. The lowest BCUT2D eigenvalue weighted by Crippen LogP contribution is -2.24. The van der Waals surface area contributed by atoms with E-state index in [-0.39, 0.29) is 11.7 Å². The molecule has 0 saturated heterocycles. The molecular weight excluding hydrogens is 223 g/mol. The third-order valence-corrected chi connectivity index (χ3v) is 3.66. The lowest BCUT2D eigenvalue weighted by atomic mass is 10.4. The molecule has 1 aromatic rings. The summed E-state index contributed by atoms with van der Waals surface area (Å²) in [5.74, 6) is 0. The Hall–Kier alpha value is -1.17. The van der Waals surface area contributed by atoms with Gasteiger partial charge in [-0.05, 0) is 0 Å². The molecule has 0 aromatic carbocycles. The summed E-state index contributed by atoms with van der Waals surface area (Å²) in [6.45, 7) is 0. The first-order chi connectivity index (χ1) is 7.00. The minimum absolute atomic E-state index is 0.140. The average Bonchev–Trinajstić information content (AvgIpc) is 2.22. The van der Waals surface area contributed by atoms with Crippen LogP contribution >= 0.6 is 7.60 Å². The van der Waals surface area contributed by atoms with Crippen molar-refractivity contribution >= 4 is 7.60 Å². The molecule has 0 unspecified atom stereocenters. The maximum Gasteiger partial charge on any atom is 0.334 e. The zero-order chi connectivity index (χ0) is 11.5. The molecule has 1 aromatic heterocycles. The van der Waals surface area contributed by atoms with Crippen LogP contribution in [0.4, 0.5) is 0 Å². The van der Waals surface area contributed by atoms with E-state index >= 15 is 0 Å². The number of aromatic nitrogens is 2. The van der Waals surface area contributed by atoms with Gasteiger partial charge in [-0.3, -0.25) is 14.3 Å². The van der Waals surface area contributed by atoms with Crippen molar-refractivity contribution < 1.29 is 13.6 Å². The van der Waals surface area contributed by atoms with Crippen LogP contribution in [-0.4, -0.2) is 24.2 Å². The molecule has 0 aliphatic heterocycles. The van der Waals surface area contributed by atoms with Crippen LogP contribution in [0.15, 0.2) is 15.8 Å². The second-order valence-corrected chi connectivity index (χ2v) is 5.00. The fraction of sp³-hybridized carbons (Fsp3) is 0.429. The lowest BCUT2D eigenvalue weighted by Gasteiger charge is -2.12. The van der Waals surface area contributed by atoms with Crippen molar-refractivity contribution in [3.05, 3.63) is 32.6 Å². The maximum atomic E-state index is 11.7. The molecule has 0 aliphatic carbocycles. The largest absolute Gasteiger partial charge is 0.334 e. The second-order valence-electron chi connectivity index (χ2n) is 2.73. The van der Waals surface area contributed by atoms with Gasteiger partial charge in [0.1, 0.15) is 0 Å². The summed E-state index contributed by atoms with van der Waals surface area (Å²) >= 11 is 0. The summed E-state index contributed by atoms with van der Waals surface area (Å²) in [5, 5.41) is 0. The van der Waals surface area contributed by atoms with Crippen LogP contribution in [0, 0.1) is 0 Å². The molecule has 0 amide bonds. The molecule has 0 saturated carbocycles. The molecule has 2 N–H and O–H groups in total. The van der Waals surface area contributed by atoms with Crippen molar-refractivity contribution in [3.63, 3.8) is 0 Å². The molecule has 1 rings (SSSR count). The smallest absolute Gasteiger partial charge is 0.314 e. The topological polar surface area (TPSA) is 101 Å². The van der Waals surface area contributed by atoms with E-state index in [4.69, 9.17) is 0 Å². The van der Waals surface area contributed by atoms with E-state index in [1.165, 1.54) is 20.4 Å². The highest BCUT2D eigenvalue weighted by atomic mass is 31.2. The van der Waals surface area contributed by atoms with Crippen LogP contribution in [0.25, 0.3) is 0 Å². The second kappa shape index (κ2) is 4.57. The van der Waals surface area contributed by atoms with E-state index in [9.17, 15) is 14.2 Å². The van der Waals surface area contributed by atoms with Gasteiger partial charge in [0.25, 0.3) is 5.56 Å². The Bertz CT molecular complexity index is 483. The predicted octanol–water partition coefficient (Wildman–Crippen LogP) is 0.0491. The Morgan fingerprint density at radius 3 is 2.40 bits per heavy atom. The quantitative estimate of drug-likeness (QED) is 0.716. The normalized spacial score (nSPS) is 11.6. The fourth-order valence-corrected chi connectivity index (χ4v) is 2.03. The van der Waals surface area contributed by atoms with Gasteiger partial charge in [0.05, 0.1) is 6.16 Å². The molecule has 8 heteroatoms. The Labute approximate surface area is 85.0 Å². The van der Waals surface area contributed by atoms with E-state index in [1.54, 1.807) is 0 Å². The van der Waals surface area contributed by atoms with E-state index < -0.39 is 18.8 Å². The van der Waals surface area contributed by atoms with Crippen LogP contribution in [0.5, 0.6) is 0 Å². The van der Waals surface area contributed by atoms with Gasteiger partial charge in [-0.15, -0.1) is 0 Å². The molecule has 1 heterocycles. The van der Waals surface area contributed by atoms with Crippen LogP contribution < -0.4 is 11.2 Å². The highest BCUT2D eigenvalue weighted by Crippen LogP contribution is 2.48. The van der Waals surface area contributed by atoms with Gasteiger partial charge < -0.3 is 14.0 Å². The Morgan fingerprint density at radius 1 is 1.33 bits per heavy atom. The minimum atomic E-state index is -3.29. The molecule has 7 nitrogen and oxygen atoms in total. The Morgan fingerprint density at radius 2 is 1.93 bits per heavy atom. The molecule has 0 fully saturated rings. The van der Waals surface area contributed by atoms with Crippen molar-refractivity contribution in [1.82, 2.24) is 9.97 Å². The molecule has 0 aliphatic rings. The summed E-state index contributed by atoms with van der Waals surface area (Å²) in [6, 6.07) is 0. The number of hydrogen-bond donors (Lipinski definition) is 2. The molecule has 15 heavy (non-hydrogen) atoms. The lowest BCUT2D eigenvalue weighted by molar-refractivity contribution is 0.274. The zero-order valence-electron chi connectivity index (χ0n) is 8.27. The Balaban J connectivity index is 3.05. The highest BCUT2D eigenvalue weighted by Gasteiger charge is 2.23. The summed E-state index contributed by atoms with van der Waals surface area (Å²) in [6.07, 6.45) is 0.998. The van der Waals surface area contributed by atoms with Crippen molar-refractivity contribution in [2.45, 2.75) is 6.16 Å². The maximum absolute atomic E-state index is 11.7. The van der Waals surface area contributed by atoms with Crippen LogP contribution in [0.1, 0.15) is 5.56 Å². The van der Waals surface area contributed by atoms with Crippen molar-refractivity contribution in [1.29, 1.82) is 0 Å². The summed E-state index contributed by atoms with van der Waals surface area (Å²) < 4.78 is 21.0. The van der Waals surface area contributed by atoms with Crippen LogP contribution in [0.2, 0.25) is 0 Å². The fourth-order valence-electron chi connectivity index (χ4n) is 0.967. The first kappa shape index (κ1) is 11.9. The number of rotatable bonds is 4. The van der Waals surface area contributed by atoms with Crippen LogP contribution in [-0.2, 0) is 19.8 Å². The van der Waals surface area contributed by atoms with Crippen molar-refractivity contribution in [3.8, 4) is 0 Å². The van der Waals surface area contributed by atoms with Gasteiger partial charge in [-0.2, -0.15) is 0 Å². The van der Waals surface area contributed by atoms with Crippen LogP contribution in [0.3, 0.4) is 0 Å². The summed E-state index contributed by atoms with van der Waals surface area (Å²) in [7, 11) is -0.834. The third-order valence-electron chi connectivity index (χ3n) is 1.82. The van der Waals surface area contributed by atoms with E-state index in [0.29, 0.717) is 0 Å². The molecule has 0 atom stereocenters. The van der Waals surface area contributed by atoms with Gasteiger partial charge in [0.15, 0.2) is 0 Å². The molecule has 0 bridgehead atoms. The van der Waals surface area contributed by atoms with E-state index in [1.807, 2.05) is 4.98 Å². The highest BCUT2D eigenvalue weighted by molar-refractivity contribution is 7.52. The van der Waals surface area contributed by atoms with E-state index in [0.717, 1.165) is 0 Å². The number of nitrogens with one attached hydrogen (secondary N) is 2. The Kier molecular flexibility index (Phi) is 3.62. The molecular formula is C7H11N2O5P. The summed E-state index contributed by atoms with van der Waals surface area (Å²) in [4.78, 5) is 26.2. The molecule has 0 radical (unpaired) electrons. The molecule has 0 spiro atoms. The zero-order valence-corrected chi connectivity index (χ0v) is 9.17. The van der Waals surface area contributed by atoms with Crippen molar-refractivity contribution in [2.24, 2.45) is 0 Å². The van der Waals surface area contributed by atoms with Gasteiger partial charge in [0.2, 0.25) is 0 Å². The number of hydrogen-bond acceptors (Lipinski definition) is 5. The van der Waals surface area contributed by atoms with Gasteiger partial charge in [0, 0.05) is 26.0 Å². The monoisotopic (exact) mass is 234 g/mol. The average molecular weight is 234 g/mol. The number of aromatic amines is 2. The minimum Gasteiger partial charge on any atom is -0.314 e. The van der Waals surface area contributed by atoms with Gasteiger partial charge in [-0.25, -0.2) is 4.79 Å². The first-order valence-corrected chi connectivity index (χ1v) is 5.75. The SMILES string of the molecule is COP(=O)(Cc1c[nH]c(=O)[nH]c1=O)OC. The first-order valence-electron chi connectivity index (χ1n) is 4.02. The predicted molar refractivity (Wildman–Crippen MR) is 53.0 cm³/mol. The van der Waals surface area contributed by atoms with Crippen molar-refractivity contribution in [2.75, 3.05) is 14.2 Å². The summed E-state index contributed by atoms with van der Waals surface area (Å²) in [5.41, 5.74) is -1.08. The standard InChI is InChI=1S/C7H11N2O5P/c1-13-15(12,14-2)4-5-3-8-7(11)9-6(5)10/h3H,4H2,1-2H3,(H2,8,9,10,11). The number of H-pyrrole nitrogens is 2. The third kappa shape index (κ3) is 2.89.